The van der Waals surface area contributed by atoms with Crippen LogP contribution in [0.3, 0.4) is 0 Å². The molecule has 1 aromatic rings. The van der Waals surface area contributed by atoms with Crippen LogP contribution in [0.2, 0.25) is 0 Å². The van der Waals surface area contributed by atoms with E-state index in [9.17, 15) is 4.79 Å². The summed E-state index contributed by atoms with van der Waals surface area (Å²) in [6, 6.07) is 8.46. The highest BCUT2D eigenvalue weighted by atomic mass is 16.4. The molecule has 1 N–H and O–H groups in total. The number of carbonyl (C=O) groups is 1. The first-order valence-electron chi connectivity index (χ1n) is 6.77. The Bertz CT molecular complexity index is 428. The van der Waals surface area contributed by atoms with E-state index in [1.54, 1.807) is 0 Å². The Morgan fingerprint density at radius 1 is 1.37 bits per heavy atom. The molecule has 19 heavy (non-hydrogen) atoms. The summed E-state index contributed by atoms with van der Waals surface area (Å²) in [6.45, 7) is 2.52. The van der Waals surface area contributed by atoms with Gasteiger partial charge in [-0.15, -0.1) is 0 Å². The number of hydrogen-bond acceptors (Lipinski definition) is 3. The van der Waals surface area contributed by atoms with E-state index in [0.717, 1.165) is 25.9 Å². The Hall–Kier alpha value is -1.55. The zero-order valence-corrected chi connectivity index (χ0v) is 11.7. The fraction of sp³-hybridized carbons (Fsp3) is 0.533. The van der Waals surface area contributed by atoms with E-state index in [4.69, 9.17) is 5.11 Å². The van der Waals surface area contributed by atoms with Crippen LogP contribution in [0.5, 0.6) is 0 Å². The number of carboxylic acid groups (broad SMARTS) is 1. The van der Waals surface area contributed by atoms with E-state index in [1.807, 2.05) is 14.1 Å². The predicted octanol–water partition coefficient (Wildman–Crippen LogP) is 2.05. The van der Waals surface area contributed by atoms with Crippen LogP contribution >= 0.6 is 0 Å². The van der Waals surface area contributed by atoms with Gasteiger partial charge in [0, 0.05) is 32.9 Å². The first-order chi connectivity index (χ1) is 9.06. The number of piperidine rings is 1. The van der Waals surface area contributed by atoms with E-state index < -0.39 is 5.97 Å². The smallest absolute Gasteiger partial charge is 0.307 e. The monoisotopic (exact) mass is 262 g/mol. The van der Waals surface area contributed by atoms with Gasteiger partial charge in [0.25, 0.3) is 0 Å². The van der Waals surface area contributed by atoms with Crippen molar-refractivity contribution >= 4 is 11.7 Å². The van der Waals surface area contributed by atoms with Crippen molar-refractivity contribution in [2.45, 2.75) is 19.4 Å². The zero-order valence-electron chi connectivity index (χ0n) is 11.7. The van der Waals surface area contributed by atoms with E-state index in [2.05, 4.69) is 34.1 Å². The molecule has 1 heterocycles. The summed E-state index contributed by atoms with van der Waals surface area (Å²) in [5, 5.41) is 9.09. The molecular formula is C15H22N2O2. The van der Waals surface area contributed by atoms with Gasteiger partial charge in [-0.3, -0.25) is 9.69 Å². The quantitative estimate of drug-likeness (QED) is 0.902. The average molecular weight is 262 g/mol. The molecular weight excluding hydrogens is 240 g/mol. The number of nitrogens with zero attached hydrogens (tertiary/aromatic N) is 2. The Labute approximate surface area is 114 Å². The van der Waals surface area contributed by atoms with Crippen molar-refractivity contribution in [3.63, 3.8) is 0 Å². The number of anilines is 1. The minimum Gasteiger partial charge on any atom is -0.481 e. The van der Waals surface area contributed by atoms with Crippen molar-refractivity contribution in [1.82, 2.24) is 4.90 Å². The van der Waals surface area contributed by atoms with E-state index in [0.29, 0.717) is 6.54 Å². The molecule has 0 amide bonds. The van der Waals surface area contributed by atoms with Gasteiger partial charge in [0.1, 0.15) is 0 Å². The van der Waals surface area contributed by atoms with Gasteiger partial charge in [0.2, 0.25) is 0 Å². The number of benzene rings is 1. The Morgan fingerprint density at radius 3 is 2.63 bits per heavy atom. The van der Waals surface area contributed by atoms with Crippen LogP contribution in [0.15, 0.2) is 24.3 Å². The lowest BCUT2D eigenvalue weighted by Gasteiger charge is -2.30. The summed E-state index contributed by atoms with van der Waals surface area (Å²) in [4.78, 5) is 15.4. The molecule has 2 rings (SSSR count). The Morgan fingerprint density at radius 2 is 2.05 bits per heavy atom. The van der Waals surface area contributed by atoms with Gasteiger partial charge >= 0.3 is 5.97 Å². The molecule has 1 fully saturated rings. The minimum atomic E-state index is -0.660. The number of aliphatic carboxylic acids is 1. The second-order valence-corrected chi connectivity index (χ2v) is 5.47. The van der Waals surface area contributed by atoms with Gasteiger partial charge < -0.3 is 10.0 Å². The molecule has 0 spiro atoms. The lowest BCUT2D eigenvalue weighted by Crippen LogP contribution is -2.38. The maximum Gasteiger partial charge on any atom is 0.307 e. The largest absolute Gasteiger partial charge is 0.481 e. The maximum atomic E-state index is 11.0. The molecule has 1 aromatic carbocycles. The third-order valence-corrected chi connectivity index (χ3v) is 3.71. The molecule has 1 aliphatic rings. The number of rotatable bonds is 4. The summed E-state index contributed by atoms with van der Waals surface area (Å²) >= 11 is 0. The fourth-order valence-electron chi connectivity index (χ4n) is 2.56. The Kier molecular flexibility index (Phi) is 4.43. The van der Waals surface area contributed by atoms with E-state index >= 15 is 0 Å². The van der Waals surface area contributed by atoms with Crippen molar-refractivity contribution in [2.75, 3.05) is 32.1 Å². The highest BCUT2D eigenvalue weighted by Gasteiger charge is 2.25. The predicted molar refractivity (Wildman–Crippen MR) is 76.4 cm³/mol. The summed E-state index contributed by atoms with van der Waals surface area (Å²) < 4.78 is 0. The van der Waals surface area contributed by atoms with Crippen LogP contribution in [-0.4, -0.2) is 43.2 Å². The van der Waals surface area contributed by atoms with Crippen molar-refractivity contribution in [2.24, 2.45) is 5.92 Å². The molecule has 0 saturated carbocycles. The van der Waals surface area contributed by atoms with Crippen LogP contribution in [-0.2, 0) is 11.3 Å². The van der Waals surface area contributed by atoms with Crippen LogP contribution in [0.1, 0.15) is 18.4 Å². The van der Waals surface area contributed by atoms with E-state index in [1.165, 1.54) is 11.3 Å². The minimum absolute atomic E-state index is 0.199. The van der Waals surface area contributed by atoms with Crippen LogP contribution in [0.25, 0.3) is 0 Å². The van der Waals surface area contributed by atoms with Gasteiger partial charge in [-0.25, -0.2) is 0 Å². The number of hydrogen-bond donors (Lipinski definition) is 1. The molecule has 1 unspecified atom stereocenters. The zero-order chi connectivity index (χ0) is 13.8. The molecule has 0 aliphatic carbocycles. The van der Waals surface area contributed by atoms with Crippen LogP contribution < -0.4 is 4.90 Å². The number of carboxylic acids is 1. The van der Waals surface area contributed by atoms with Crippen LogP contribution in [0.4, 0.5) is 5.69 Å². The third-order valence-electron chi connectivity index (χ3n) is 3.71. The number of likely N-dealkylation sites (tertiary alicyclic amines) is 1. The molecule has 1 atom stereocenters. The highest BCUT2D eigenvalue weighted by molar-refractivity contribution is 5.70. The Balaban J connectivity index is 1.95. The second-order valence-electron chi connectivity index (χ2n) is 5.47. The van der Waals surface area contributed by atoms with Gasteiger partial charge in [0.05, 0.1) is 5.92 Å². The SMILES string of the molecule is CN(C)c1ccc(CN2CCCC(C(=O)O)C2)cc1. The van der Waals surface area contributed by atoms with Crippen molar-refractivity contribution in [1.29, 1.82) is 0 Å². The van der Waals surface area contributed by atoms with Crippen molar-refractivity contribution < 1.29 is 9.90 Å². The highest BCUT2D eigenvalue weighted by Crippen LogP contribution is 2.20. The second kappa shape index (κ2) is 6.06. The third kappa shape index (κ3) is 3.70. The standard InChI is InChI=1S/C15H22N2O2/c1-16(2)14-7-5-12(6-8-14)10-17-9-3-4-13(11-17)15(18)19/h5-8,13H,3-4,9-11H2,1-2H3,(H,18,19). The van der Waals surface area contributed by atoms with Crippen LogP contribution in [0, 0.1) is 5.92 Å². The van der Waals surface area contributed by atoms with Gasteiger partial charge in [-0.05, 0) is 37.1 Å². The van der Waals surface area contributed by atoms with Gasteiger partial charge in [-0.2, -0.15) is 0 Å². The first kappa shape index (κ1) is 13.9. The summed E-state index contributed by atoms with van der Waals surface area (Å²) in [6.07, 6.45) is 1.79. The van der Waals surface area contributed by atoms with Crippen molar-refractivity contribution in [3.05, 3.63) is 29.8 Å². The van der Waals surface area contributed by atoms with Crippen molar-refractivity contribution in [3.8, 4) is 0 Å². The summed E-state index contributed by atoms with van der Waals surface area (Å²) in [5.41, 5.74) is 2.43. The molecule has 104 valence electrons. The normalized spacial score (nSPS) is 20.2. The fourth-order valence-corrected chi connectivity index (χ4v) is 2.56. The molecule has 0 aromatic heterocycles. The molecule has 4 nitrogen and oxygen atoms in total. The summed E-state index contributed by atoms with van der Waals surface area (Å²) in [5.74, 6) is -0.859. The molecule has 0 radical (unpaired) electrons. The lowest BCUT2D eigenvalue weighted by molar-refractivity contribution is -0.143. The van der Waals surface area contributed by atoms with E-state index in [-0.39, 0.29) is 5.92 Å². The van der Waals surface area contributed by atoms with Gasteiger partial charge in [0.15, 0.2) is 0 Å². The molecule has 0 bridgehead atoms. The topological polar surface area (TPSA) is 43.8 Å². The lowest BCUT2D eigenvalue weighted by atomic mass is 9.98. The van der Waals surface area contributed by atoms with Gasteiger partial charge in [-0.1, -0.05) is 12.1 Å². The molecule has 1 saturated heterocycles. The summed E-state index contributed by atoms with van der Waals surface area (Å²) in [7, 11) is 4.05. The average Bonchev–Trinajstić information content (AvgIpc) is 2.39. The maximum absolute atomic E-state index is 11.0. The molecule has 4 heteroatoms. The molecule has 1 aliphatic heterocycles. The first-order valence-corrected chi connectivity index (χ1v) is 6.77.